The number of hydrogen-bond acceptors (Lipinski definition) is 7. The van der Waals surface area contributed by atoms with Gasteiger partial charge in [0, 0.05) is 37.4 Å². The largest absolute Gasteiger partial charge is 0.444 e. The number of anilines is 1. The van der Waals surface area contributed by atoms with Crippen molar-refractivity contribution in [1.29, 1.82) is 5.26 Å². The highest BCUT2D eigenvalue weighted by Gasteiger charge is 2.30. The van der Waals surface area contributed by atoms with Crippen LogP contribution in [0.4, 0.5) is 21.1 Å². The summed E-state index contributed by atoms with van der Waals surface area (Å²) in [6.07, 6.45) is 6.05. The average molecular weight is 588 g/mol. The molecule has 1 fully saturated rings. The maximum atomic E-state index is 13.2. The minimum Gasteiger partial charge on any atom is -0.444 e. The van der Waals surface area contributed by atoms with E-state index in [0.717, 1.165) is 12.0 Å². The third-order valence-corrected chi connectivity index (χ3v) is 7.31. The monoisotopic (exact) mass is 587 g/mol. The number of likely N-dealkylation sites (tertiary alicyclic amines) is 1. The molecule has 0 bridgehead atoms. The standard InChI is InChI=1S/C31H38N8O4/c1-21-12-16-38(26(40)10-14-32)19-23(21)18-37(5)27-25-13-17-39(28(25)35-20-34-27)29(41)36-24-8-6-22(7-9-24)11-15-33-30(42)43-31(2,3)4/h6-9,13,17-18,20-21,23H,10-12,15-16,19H2,1-5H3,(H-,33,36,41,42)/p+1/b37-18+/t21-,23?/m1/s1. The lowest BCUT2D eigenvalue weighted by molar-refractivity contribution is -0.405. The van der Waals surface area contributed by atoms with E-state index in [1.807, 2.05) is 68.8 Å². The number of nitriles is 1. The summed E-state index contributed by atoms with van der Waals surface area (Å²) in [4.78, 5) is 47.9. The van der Waals surface area contributed by atoms with Crippen LogP contribution >= 0.6 is 0 Å². The molecule has 1 aliphatic rings. The minimum atomic E-state index is -0.546. The highest BCUT2D eigenvalue weighted by molar-refractivity contribution is 5.99. The molecule has 43 heavy (non-hydrogen) atoms. The number of fused-ring (bicyclic) bond motifs is 1. The number of piperidine rings is 1. The van der Waals surface area contributed by atoms with Crippen molar-refractivity contribution < 1.29 is 23.7 Å². The van der Waals surface area contributed by atoms with Crippen LogP contribution in [0.2, 0.25) is 0 Å². The maximum absolute atomic E-state index is 13.2. The van der Waals surface area contributed by atoms with Crippen LogP contribution in [-0.4, -0.2) is 80.5 Å². The van der Waals surface area contributed by atoms with Gasteiger partial charge in [-0.1, -0.05) is 19.1 Å². The van der Waals surface area contributed by atoms with Crippen molar-refractivity contribution in [3.8, 4) is 6.07 Å². The molecule has 0 radical (unpaired) electrons. The fourth-order valence-electron chi connectivity index (χ4n) is 5.00. The molecule has 0 saturated carbocycles. The summed E-state index contributed by atoms with van der Waals surface area (Å²) in [5.41, 5.74) is 1.55. The SMILES string of the molecule is C[C@@H]1CCN(C(=O)CC#N)CC1/C=[N+](\C)c1ncnc2c1ccn2C(=O)Nc1ccc(CCNC(=O)OC(C)(C)C)cc1. The van der Waals surface area contributed by atoms with Gasteiger partial charge in [-0.05, 0) is 68.3 Å². The molecule has 2 atom stereocenters. The summed E-state index contributed by atoms with van der Waals surface area (Å²) in [7, 11) is 1.90. The first-order valence-electron chi connectivity index (χ1n) is 14.4. The predicted octanol–water partition coefficient (Wildman–Crippen LogP) is 4.32. The Balaban J connectivity index is 1.41. The molecular formula is C31H39N8O4+. The first-order chi connectivity index (χ1) is 20.4. The fraction of sp³-hybridized carbons (Fsp3) is 0.452. The van der Waals surface area contributed by atoms with Gasteiger partial charge in [-0.15, -0.1) is 0 Å². The van der Waals surface area contributed by atoms with Gasteiger partial charge in [-0.2, -0.15) is 10.2 Å². The van der Waals surface area contributed by atoms with Crippen LogP contribution in [0.25, 0.3) is 11.0 Å². The Bertz CT molecular complexity index is 1550. The van der Waals surface area contributed by atoms with Crippen molar-refractivity contribution in [3.05, 3.63) is 48.4 Å². The maximum Gasteiger partial charge on any atom is 0.407 e. The van der Waals surface area contributed by atoms with Crippen molar-refractivity contribution in [1.82, 2.24) is 24.8 Å². The van der Waals surface area contributed by atoms with Gasteiger partial charge in [0.25, 0.3) is 0 Å². The quantitative estimate of drug-likeness (QED) is 0.309. The fourth-order valence-corrected chi connectivity index (χ4v) is 5.00. The van der Waals surface area contributed by atoms with Crippen molar-refractivity contribution >= 4 is 46.8 Å². The number of nitrogens with zero attached hydrogens (tertiary/aromatic N) is 6. The number of ether oxygens (including phenoxy) is 1. The molecule has 1 saturated heterocycles. The van der Waals surface area contributed by atoms with Gasteiger partial charge in [0.15, 0.2) is 5.65 Å². The third kappa shape index (κ3) is 8.16. The zero-order valence-electron chi connectivity index (χ0n) is 25.3. The summed E-state index contributed by atoms with van der Waals surface area (Å²) in [5, 5.41) is 15.3. The van der Waals surface area contributed by atoms with Crippen LogP contribution in [0.1, 0.15) is 46.1 Å². The number of carbonyl (C=O) groups is 3. The van der Waals surface area contributed by atoms with E-state index < -0.39 is 11.7 Å². The molecule has 2 aromatic heterocycles. The second-order valence-electron chi connectivity index (χ2n) is 11.8. The first kappa shape index (κ1) is 31.2. The Kier molecular flexibility index (Phi) is 9.75. The first-order valence-corrected chi connectivity index (χ1v) is 14.4. The van der Waals surface area contributed by atoms with Crippen LogP contribution in [-0.2, 0) is 16.0 Å². The van der Waals surface area contributed by atoms with Gasteiger partial charge in [-0.3, -0.25) is 9.36 Å². The molecule has 3 amide bonds. The second kappa shape index (κ2) is 13.5. The number of aromatic nitrogens is 3. The van der Waals surface area contributed by atoms with Gasteiger partial charge in [0.2, 0.25) is 12.2 Å². The van der Waals surface area contributed by atoms with Gasteiger partial charge in [-0.25, -0.2) is 14.2 Å². The Hall–Kier alpha value is -4.79. The summed E-state index contributed by atoms with van der Waals surface area (Å²) in [6, 6.07) is 10.8. The van der Waals surface area contributed by atoms with E-state index >= 15 is 0 Å². The Morgan fingerprint density at radius 2 is 1.93 bits per heavy atom. The van der Waals surface area contributed by atoms with E-state index in [1.165, 1.54) is 10.9 Å². The van der Waals surface area contributed by atoms with Crippen LogP contribution in [0.15, 0.2) is 42.9 Å². The molecule has 1 unspecified atom stereocenters. The van der Waals surface area contributed by atoms with E-state index in [9.17, 15) is 14.4 Å². The van der Waals surface area contributed by atoms with E-state index in [1.54, 1.807) is 11.1 Å². The van der Waals surface area contributed by atoms with Crippen molar-refractivity contribution in [2.75, 3.05) is 32.0 Å². The lowest BCUT2D eigenvalue weighted by Gasteiger charge is -2.34. The topological polar surface area (TPSA) is 145 Å². The van der Waals surface area contributed by atoms with Crippen molar-refractivity contribution in [2.45, 2.75) is 52.6 Å². The Morgan fingerprint density at radius 3 is 2.63 bits per heavy atom. The average Bonchev–Trinajstić information content (AvgIpc) is 3.39. The summed E-state index contributed by atoms with van der Waals surface area (Å²) in [6.45, 7) is 9.23. The van der Waals surface area contributed by atoms with Gasteiger partial charge in [0.1, 0.15) is 17.4 Å². The van der Waals surface area contributed by atoms with Crippen molar-refractivity contribution in [2.24, 2.45) is 11.8 Å². The number of alkyl carbamates (subject to hydrolysis) is 1. The number of amides is 3. The Labute approximate surface area is 251 Å². The summed E-state index contributed by atoms with van der Waals surface area (Å²) < 4.78 is 8.61. The molecule has 0 spiro atoms. The molecule has 3 heterocycles. The third-order valence-electron chi connectivity index (χ3n) is 7.31. The lowest BCUT2D eigenvalue weighted by Crippen LogP contribution is -2.44. The molecule has 3 aromatic rings. The molecule has 12 heteroatoms. The summed E-state index contributed by atoms with van der Waals surface area (Å²) in [5.74, 6) is 0.947. The molecule has 226 valence electrons. The van der Waals surface area contributed by atoms with Gasteiger partial charge >= 0.3 is 17.9 Å². The number of nitrogens with one attached hydrogen (secondary N) is 2. The van der Waals surface area contributed by atoms with Gasteiger partial charge < -0.3 is 20.3 Å². The predicted molar refractivity (Wildman–Crippen MR) is 162 cm³/mol. The second-order valence-corrected chi connectivity index (χ2v) is 11.8. The molecule has 4 rings (SSSR count). The number of hydrogen-bond donors (Lipinski definition) is 2. The van der Waals surface area contributed by atoms with E-state index in [4.69, 9.17) is 10.00 Å². The van der Waals surface area contributed by atoms with Crippen LogP contribution < -0.4 is 10.6 Å². The normalized spacial score (nSPS) is 17.3. The van der Waals surface area contributed by atoms with Crippen LogP contribution in [0.5, 0.6) is 0 Å². The zero-order valence-corrected chi connectivity index (χ0v) is 25.3. The molecule has 0 aliphatic carbocycles. The number of carbonyl (C=O) groups excluding carboxylic acids is 3. The van der Waals surface area contributed by atoms with E-state index in [2.05, 4.69) is 33.7 Å². The summed E-state index contributed by atoms with van der Waals surface area (Å²) >= 11 is 0. The van der Waals surface area contributed by atoms with Crippen molar-refractivity contribution in [3.63, 3.8) is 0 Å². The molecule has 2 N–H and O–H groups in total. The number of rotatable bonds is 7. The molecular weight excluding hydrogens is 548 g/mol. The smallest absolute Gasteiger partial charge is 0.407 e. The van der Waals surface area contributed by atoms with Crippen LogP contribution in [0.3, 0.4) is 0 Å². The van der Waals surface area contributed by atoms with E-state index in [-0.39, 0.29) is 24.3 Å². The molecule has 1 aromatic carbocycles. The highest BCUT2D eigenvalue weighted by Crippen LogP contribution is 2.26. The molecule has 1 aliphatic heterocycles. The molecule has 12 nitrogen and oxygen atoms in total. The lowest BCUT2D eigenvalue weighted by atomic mass is 9.87. The zero-order chi connectivity index (χ0) is 31.1. The number of benzene rings is 1. The van der Waals surface area contributed by atoms with Crippen LogP contribution in [0, 0.1) is 23.2 Å². The van der Waals surface area contributed by atoms with Gasteiger partial charge in [0.05, 0.1) is 19.3 Å². The van der Waals surface area contributed by atoms with E-state index in [0.29, 0.717) is 54.5 Å². The Morgan fingerprint density at radius 1 is 1.19 bits per heavy atom. The minimum absolute atomic E-state index is 0.0906. The highest BCUT2D eigenvalue weighted by atomic mass is 16.6.